The van der Waals surface area contributed by atoms with Gasteiger partial charge in [-0.15, -0.1) is 0 Å². The van der Waals surface area contributed by atoms with E-state index in [2.05, 4.69) is 41.1 Å². The number of H-pyrrole nitrogens is 2. The minimum absolute atomic E-state index is 0.640. The Morgan fingerprint density at radius 3 is 2.57 bits per heavy atom. The largest absolute Gasteiger partial charge is 0.336 e. The van der Waals surface area contributed by atoms with Gasteiger partial charge in [-0.25, -0.2) is 9.97 Å². The third-order valence-corrected chi connectivity index (χ3v) is 6.91. The number of aromatic nitrogens is 8. The fraction of sp³-hybridized carbons (Fsp3) is 0.214. The molecule has 9 nitrogen and oxygen atoms in total. The molecule has 0 amide bonds. The van der Waals surface area contributed by atoms with Gasteiger partial charge in [0.05, 0.1) is 22.4 Å². The molecule has 0 aromatic carbocycles. The van der Waals surface area contributed by atoms with Crippen LogP contribution in [-0.4, -0.2) is 58.1 Å². The molecule has 0 aliphatic carbocycles. The number of rotatable bonds is 5. The van der Waals surface area contributed by atoms with Crippen molar-refractivity contribution in [1.29, 1.82) is 0 Å². The molecule has 0 atom stereocenters. The number of nitrogens with one attached hydrogen (secondary N) is 2. The maximum absolute atomic E-state index is 4.99. The average Bonchev–Trinajstić information content (AvgIpc) is 3.58. The average molecular weight is 488 g/mol. The number of imidazole rings is 1. The number of nitrogens with zero attached hydrogens (tertiary/aromatic N) is 7. The molecular formula is C28H25N9. The first-order chi connectivity index (χ1) is 18.3. The van der Waals surface area contributed by atoms with Crippen molar-refractivity contribution in [2.75, 3.05) is 13.1 Å². The Labute approximate surface area is 213 Å². The zero-order valence-corrected chi connectivity index (χ0v) is 20.2. The molecule has 1 aliphatic heterocycles. The van der Waals surface area contributed by atoms with Gasteiger partial charge in [-0.1, -0.05) is 6.42 Å². The minimum Gasteiger partial charge on any atom is -0.336 e. The summed E-state index contributed by atoms with van der Waals surface area (Å²) in [5.41, 5.74) is 8.68. The number of pyridine rings is 4. The van der Waals surface area contributed by atoms with Gasteiger partial charge in [-0.2, -0.15) is 5.10 Å². The Morgan fingerprint density at radius 1 is 0.784 bits per heavy atom. The molecule has 182 valence electrons. The van der Waals surface area contributed by atoms with Crippen molar-refractivity contribution in [3.8, 4) is 34.0 Å². The van der Waals surface area contributed by atoms with Gasteiger partial charge < -0.3 is 4.98 Å². The Bertz CT molecular complexity index is 1700. The lowest BCUT2D eigenvalue weighted by Crippen LogP contribution is -2.29. The van der Waals surface area contributed by atoms with E-state index in [1.807, 2.05) is 42.7 Å². The fourth-order valence-electron chi connectivity index (χ4n) is 5.08. The SMILES string of the molecule is c1cncc(-c2nccc3[nH]c(-c4n[nH]c5ccc(-c6cncc(CN7CCCCC7)c6)nc45)nc23)c1. The Hall–Kier alpha value is -4.50. The van der Waals surface area contributed by atoms with Gasteiger partial charge in [0.1, 0.15) is 11.0 Å². The molecule has 6 aromatic heterocycles. The highest BCUT2D eigenvalue weighted by Crippen LogP contribution is 2.30. The van der Waals surface area contributed by atoms with Crippen LogP contribution in [0.5, 0.6) is 0 Å². The van der Waals surface area contributed by atoms with Crippen LogP contribution in [0.25, 0.3) is 56.1 Å². The van der Waals surface area contributed by atoms with Crippen molar-refractivity contribution < 1.29 is 0 Å². The second-order valence-corrected chi connectivity index (χ2v) is 9.47. The van der Waals surface area contributed by atoms with E-state index in [9.17, 15) is 0 Å². The van der Waals surface area contributed by atoms with Gasteiger partial charge in [0.2, 0.25) is 0 Å². The minimum atomic E-state index is 0.640. The smallest absolute Gasteiger partial charge is 0.161 e. The number of likely N-dealkylation sites (tertiary alicyclic amines) is 1. The Balaban J connectivity index is 1.26. The molecule has 2 N–H and O–H groups in total. The predicted octanol–water partition coefficient (Wildman–Crippen LogP) is 5.01. The van der Waals surface area contributed by atoms with Crippen LogP contribution < -0.4 is 0 Å². The molecule has 0 bridgehead atoms. The van der Waals surface area contributed by atoms with Gasteiger partial charge >= 0.3 is 0 Å². The molecule has 9 heteroatoms. The van der Waals surface area contributed by atoms with E-state index in [0.717, 1.165) is 64.2 Å². The highest BCUT2D eigenvalue weighted by atomic mass is 15.2. The van der Waals surface area contributed by atoms with Gasteiger partial charge in [0.25, 0.3) is 0 Å². The number of fused-ring (bicyclic) bond motifs is 2. The lowest BCUT2D eigenvalue weighted by Gasteiger charge is -2.26. The first kappa shape index (κ1) is 21.8. The summed E-state index contributed by atoms with van der Waals surface area (Å²) in [6.07, 6.45) is 13.0. The van der Waals surface area contributed by atoms with Crippen LogP contribution >= 0.6 is 0 Å². The van der Waals surface area contributed by atoms with Gasteiger partial charge in [0.15, 0.2) is 11.5 Å². The monoisotopic (exact) mass is 487 g/mol. The number of piperidine rings is 1. The van der Waals surface area contributed by atoms with Crippen molar-refractivity contribution in [1.82, 2.24) is 45.0 Å². The highest BCUT2D eigenvalue weighted by molar-refractivity contribution is 5.94. The summed E-state index contributed by atoms with van der Waals surface area (Å²) in [4.78, 5) is 29.1. The third-order valence-electron chi connectivity index (χ3n) is 6.91. The number of aromatic amines is 2. The first-order valence-electron chi connectivity index (χ1n) is 12.6. The van der Waals surface area contributed by atoms with Crippen molar-refractivity contribution in [3.05, 3.63) is 72.9 Å². The van der Waals surface area contributed by atoms with Crippen LogP contribution in [0.15, 0.2) is 67.4 Å². The van der Waals surface area contributed by atoms with Crippen molar-refractivity contribution in [2.24, 2.45) is 0 Å². The van der Waals surface area contributed by atoms with Crippen LogP contribution in [0.4, 0.5) is 0 Å². The summed E-state index contributed by atoms with van der Waals surface area (Å²) in [6, 6.07) is 12.0. The summed E-state index contributed by atoms with van der Waals surface area (Å²) < 4.78 is 0. The summed E-state index contributed by atoms with van der Waals surface area (Å²) in [7, 11) is 0. The molecule has 0 spiro atoms. The van der Waals surface area contributed by atoms with Crippen LogP contribution in [0.3, 0.4) is 0 Å². The van der Waals surface area contributed by atoms with Crippen LogP contribution in [-0.2, 0) is 6.54 Å². The quantitative estimate of drug-likeness (QED) is 0.352. The highest BCUT2D eigenvalue weighted by Gasteiger charge is 2.18. The fourth-order valence-corrected chi connectivity index (χ4v) is 5.08. The second-order valence-electron chi connectivity index (χ2n) is 9.47. The molecule has 7 heterocycles. The summed E-state index contributed by atoms with van der Waals surface area (Å²) in [5.74, 6) is 0.640. The van der Waals surface area contributed by atoms with Crippen LogP contribution in [0, 0.1) is 0 Å². The summed E-state index contributed by atoms with van der Waals surface area (Å²) >= 11 is 0. The molecule has 6 aromatic rings. The Morgan fingerprint density at radius 2 is 1.68 bits per heavy atom. The topological polar surface area (TPSA) is 112 Å². The molecule has 37 heavy (non-hydrogen) atoms. The van der Waals surface area contributed by atoms with Gasteiger partial charge in [0, 0.05) is 48.7 Å². The molecular weight excluding hydrogens is 462 g/mol. The van der Waals surface area contributed by atoms with E-state index in [0.29, 0.717) is 11.5 Å². The zero-order valence-electron chi connectivity index (χ0n) is 20.2. The van der Waals surface area contributed by atoms with Crippen LogP contribution in [0.1, 0.15) is 24.8 Å². The molecule has 1 fully saturated rings. The molecule has 0 unspecified atom stereocenters. The Kier molecular flexibility index (Phi) is 5.40. The van der Waals surface area contributed by atoms with Crippen molar-refractivity contribution >= 4 is 22.1 Å². The number of hydrogen-bond acceptors (Lipinski definition) is 7. The van der Waals surface area contributed by atoms with E-state index < -0.39 is 0 Å². The molecule has 1 aliphatic rings. The molecule has 1 saturated heterocycles. The van der Waals surface area contributed by atoms with E-state index in [4.69, 9.17) is 9.97 Å². The maximum Gasteiger partial charge on any atom is 0.161 e. The predicted molar refractivity (Wildman–Crippen MR) is 142 cm³/mol. The molecule has 0 saturated carbocycles. The van der Waals surface area contributed by atoms with E-state index in [-0.39, 0.29) is 0 Å². The van der Waals surface area contributed by atoms with E-state index >= 15 is 0 Å². The lowest BCUT2D eigenvalue weighted by atomic mass is 10.1. The normalized spacial score (nSPS) is 14.5. The van der Waals surface area contributed by atoms with Crippen molar-refractivity contribution in [2.45, 2.75) is 25.8 Å². The van der Waals surface area contributed by atoms with Crippen molar-refractivity contribution in [3.63, 3.8) is 0 Å². The zero-order chi connectivity index (χ0) is 24.6. The molecule has 0 radical (unpaired) electrons. The third kappa shape index (κ3) is 4.13. The lowest BCUT2D eigenvalue weighted by molar-refractivity contribution is 0.220. The van der Waals surface area contributed by atoms with Crippen LogP contribution in [0.2, 0.25) is 0 Å². The first-order valence-corrected chi connectivity index (χ1v) is 12.6. The molecule has 7 rings (SSSR count). The maximum atomic E-state index is 4.99. The standard InChI is InChI=1S/C28H25N9/c1-2-11-37(12-3-1)17-18-13-20(16-30-14-18)21-6-7-23-26(32-21)27(36-35-23)28-33-22-8-10-31-24(25(22)34-28)19-5-4-9-29-15-19/h4-10,13-16H,1-3,11-12,17H2,(H,33,34)(H,35,36). The van der Waals surface area contributed by atoms with Gasteiger partial charge in [-0.05, 0) is 67.9 Å². The van der Waals surface area contributed by atoms with E-state index in [1.165, 1.54) is 24.8 Å². The van der Waals surface area contributed by atoms with Gasteiger partial charge in [-0.3, -0.25) is 25.0 Å². The van der Waals surface area contributed by atoms with E-state index in [1.54, 1.807) is 18.6 Å². The summed E-state index contributed by atoms with van der Waals surface area (Å²) in [6.45, 7) is 3.23. The summed E-state index contributed by atoms with van der Waals surface area (Å²) in [5, 5.41) is 7.66. The second kappa shape index (κ2) is 9.18. The number of hydrogen-bond donors (Lipinski definition) is 2.